The molecule has 1 heterocycles. The first kappa shape index (κ1) is 18.1. The molecule has 2 aromatic carbocycles. The number of ether oxygens (including phenoxy) is 1. The van der Waals surface area contributed by atoms with Gasteiger partial charge in [-0.2, -0.15) is 0 Å². The van der Waals surface area contributed by atoms with Crippen LogP contribution in [0.1, 0.15) is 37.7 Å². The molecular formula is C20H22BN3O2S. The fraction of sp³-hybridized carbons (Fsp3) is 0.350. The number of carbonyl (C=O) groups is 1. The summed E-state index contributed by atoms with van der Waals surface area (Å²) in [6.07, 6.45) is 2.93. The summed E-state index contributed by atoms with van der Waals surface area (Å²) in [7, 11) is 1.96. The molecule has 27 heavy (non-hydrogen) atoms. The van der Waals surface area contributed by atoms with Crippen LogP contribution in [0.3, 0.4) is 0 Å². The highest BCUT2D eigenvalue weighted by Crippen LogP contribution is 2.44. The standard InChI is InChI=1S/C20H22BN3O2S/c1-2-26-18(25)11-12-27-20-23-22-19(21)24(20)17-10-9-14(13-7-8-13)15-5-3-4-6-16(15)17/h3-6,9-10,13H,2,7-8,11-12,21H2,1H3. The van der Waals surface area contributed by atoms with E-state index >= 15 is 0 Å². The summed E-state index contributed by atoms with van der Waals surface area (Å²) in [5, 5.41) is 12.0. The number of nitrogens with zero attached hydrogens (tertiary/aromatic N) is 3. The SMILES string of the molecule is Bc1nnc(SCCC(=O)OCC)n1-c1ccc(C2CC2)c2ccccc12. The van der Waals surface area contributed by atoms with Crippen molar-refractivity contribution >= 4 is 42.1 Å². The summed E-state index contributed by atoms with van der Waals surface area (Å²) in [6.45, 7) is 2.24. The number of carbonyl (C=O) groups excluding carboxylic acids is 1. The molecule has 1 aliphatic carbocycles. The van der Waals surface area contributed by atoms with Gasteiger partial charge in [0.2, 0.25) is 0 Å². The van der Waals surface area contributed by atoms with Crippen molar-refractivity contribution in [3.8, 4) is 5.69 Å². The number of rotatable bonds is 7. The van der Waals surface area contributed by atoms with Crippen LogP contribution in [0.5, 0.6) is 0 Å². The number of aromatic nitrogens is 3. The Morgan fingerprint density at radius 3 is 2.74 bits per heavy atom. The Hall–Kier alpha value is -2.28. The molecule has 1 aliphatic rings. The second-order valence-electron chi connectivity index (χ2n) is 6.76. The molecule has 1 aromatic heterocycles. The van der Waals surface area contributed by atoms with Crippen molar-refractivity contribution in [1.29, 1.82) is 0 Å². The van der Waals surface area contributed by atoms with Gasteiger partial charge in [0.15, 0.2) is 13.0 Å². The number of esters is 1. The van der Waals surface area contributed by atoms with Crippen molar-refractivity contribution in [2.75, 3.05) is 12.4 Å². The Morgan fingerprint density at radius 2 is 2.00 bits per heavy atom. The summed E-state index contributed by atoms with van der Waals surface area (Å²) < 4.78 is 7.10. The highest BCUT2D eigenvalue weighted by Gasteiger charge is 2.26. The molecule has 0 radical (unpaired) electrons. The van der Waals surface area contributed by atoms with Gasteiger partial charge in [-0.25, -0.2) is 0 Å². The minimum Gasteiger partial charge on any atom is -0.466 e. The topological polar surface area (TPSA) is 57.0 Å². The van der Waals surface area contributed by atoms with Gasteiger partial charge in [-0.3, -0.25) is 9.36 Å². The molecule has 1 saturated carbocycles. The van der Waals surface area contributed by atoms with Gasteiger partial charge < -0.3 is 4.74 Å². The zero-order chi connectivity index (χ0) is 18.8. The molecule has 3 aromatic rings. The van der Waals surface area contributed by atoms with Gasteiger partial charge in [0.25, 0.3) is 0 Å². The van der Waals surface area contributed by atoms with Crippen molar-refractivity contribution in [3.63, 3.8) is 0 Å². The van der Waals surface area contributed by atoms with E-state index in [4.69, 9.17) is 4.74 Å². The average molecular weight is 379 g/mol. The predicted octanol–water partition coefficient (Wildman–Crippen LogP) is 2.60. The molecule has 0 unspecified atom stereocenters. The third kappa shape index (κ3) is 3.74. The Kier molecular flexibility index (Phi) is 5.21. The van der Waals surface area contributed by atoms with E-state index in [1.165, 1.54) is 40.9 Å². The highest BCUT2D eigenvalue weighted by atomic mass is 32.2. The van der Waals surface area contributed by atoms with Crippen LogP contribution < -0.4 is 5.72 Å². The molecule has 0 N–H and O–H groups in total. The van der Waals surface area contributed by atoms with Gasteiger partial charge in [-0.15, -0.1) is 10.2 Å². The molecule has 7 heteroatoms. The van der Waals surface area contributed by atoms with Gasteiger partial charge in [-0.1, -0.05) is 42.1 Å². The maximum Gasteiger partial charge on any atom is 0.306 e. The van der Waals surface area contributed by atoms with Gasteiger partial charge in [0, 0.05) is 11.1 Å². The Morgan fingerprint density at radius 1 is 1.22 bits per heavy atom. The number of benzene rings is 2. The van der Waals surface area contributed by atoms with E-state index < -0.39 is 0 Å². The van der Waals surface area contributed by atoms with Gasteiger partial charge >= 0.3 is 5.97 Å². The van der Waals surface area contributed by atoms with Crippen LogP contribution in [0.15, 0.2) is 41.6 Å². The van der Waals surface area contributed by atoms with Crippen LogP contribution in [-0.2, 0) is 9.53 Å². The zero-order valence-corrected chi connectivity index (χ0v) is 16.5. The third-order valence-corrected chi connectivity index (χ3v) is 5.76. The molecule has 0 saturated heterocycles. The van der Waals surface area contributed by atoms with Crippen LogP contribution >= 0.6 is 11.8 Å². The largest absolute Gasteiger partial charge is 0.466 e. The number of thioether (sulfide) groups is 1. The molecule has 0 atom stereocenters. The van der Waals surface area contributed by atoms with E-state index in [0.29, 0.717) is 24.7 Å². The molecule has 138 valence electrons. The van der Waals surface area contributed by atoms with Crippen LogP contribution in [0.2, 0.25) is 0 Å². The number of hydrogen-bond acceptors (Lipinski definition) is 5. The van der Waals surface area contributed by atoms with E-state index in [0.717, 1.165) is 16.6 Å². The van der Waals surface area contributed by atoms with E-state index in [9.17, 15) is 4.79 Å². The summed E-state index contributed by atoms with van der Waals surface area (Å²) >= 11 is 1.54. The Labute approximate surface area is 163 Å². The first-order valence-corrected chi connectivity index (χ1v) is 10.4. The minimum atomic E-state index is -0.174. The van der Waals surface area contributed by atoms with E-state index in [1.54, 1.807) is 0 Å². The molecule has 0 amide bonds. The second-order valence-corrected chi connectivity index (χ2v) is 7.82. The summed E-state index contributed by atoms with van der Waals surface area (Å²) in [5.74, 6) is 1.14. The highest BCUT2D eigenvalue weighted by molar-refractivity contribution is 7.99. The first-order chi connectivity index (χ1) is 13.2. The van der Waals surface area contributed by atoms with Crippen molar-refractivity contribution in [2.24, 2.45) is 0 Å². The fourth-order valence-corrected chi connectivity index (χ4v) is 4.33. The molecular weight excluding hydrogens is 357 g/mol. The normalized spacial score (nSPS) is 13.8. The number of hydrogen-bond donors (Lipinski definition) is 0. The lowest BCUT2D eigenvalue weighted by molar-refractivity contribution is -0.142. The fourth-order valence-electron chi connectivity index (χ4n) is 3.42. The zero-order valence-electron chi connectivity index (χ0n) is 15.6. The molecule has 0 aliphatic heterocycles. The minimum absolute atomic E-state index is 0.174. The lowest BCUT2D eigenvalue weighted by Crippen LogP contribution is -2.18. The summed E-state index contributed by atoms with van der Waals surface area (Å²) in [5.41, 5.74) is 3.38. The van der Waals surface area contributed by atoms with Gasteiger partial charge in [0.05, 0.1) is 24.4 Å². The van der Waals surface area contributed by atoms with Crippen LogP contribution in [-0.4, -0.2) is 40.9 Å². The van der Waals surface area contributed by atoms with Crippen molar-refractivity contribution in [2.45, 2.75) is 37.3 Å². The molecule has 5 nitrogen and oxygen atoms in total. The van der Waals surface area contributed by atoms with Crippen LogP contribution in [0.4, 0.5) is 0 Å². The summed E-state index contributed by atoms with van der Waals surface area (Å²) in [4.78, 5) is 11.6. The van der Waals surface area contributed by atoms with Crippen molar-refractivity contribution in [3.05, 3.63) is 42.0 Å². The summed E-state index contributed by atoms with van der Waals surface area (Å²) in [6, 6.07) is 13.0. The maximum absolute atomic E-state index is 11.6. The van der Waals surface area contributed by atoms with Gasteiger partial charge in [0.1, 0.15) is 0 Å². The molecule has 1 fully saturated rings. The molecule has 0 bridgehead atoms. The molecule has 0 spiro atoms. The Bertz CT molecular complexity index is 985. The molecule has 4 rings (SSSR count). The van der Waals surface area contributed by atoms with E-state index in [1.807, 2.05) is 14.8 Å². The maximum atomic E-state index is 11.6. The lowest BCUT2D eigenvalue weighted by Gasteiger charge is -2.14. The number of fused-ring (bicyclic) bond motifs is 1. The smallest absolute Gasteiger partial charge is 0.306 e. The average Bonchev–Trinajstić information content (AvgIpc) is 3.45. The van der Waals surface area contributed by atoms with E-state index in [2.05, 4.69) is 51.2 Å². The second kappa shape index (κ2) is 7.76. The quantitative estimate of drug-likeness (QED) is 0.359. The van der Waals surface area contributed by atoms with Crippen molar-refractivity contribution in [1.82, 2.24) is 14.8 Å². The predicted molar refractivity (Wildman–Crippen MR) is 111 cm³/mol. The van der Waals surface area contributed by atoms with Crippen molar-refractivity contribution < 1.29 is 9.53 Å². The third-order valence-electron chi connectivity index (χ3n) is 4.83. The van der Waals surface area contributed by atoms with Crippen LogP contribution in [0, 0.1) is 0 Å². The monoisotopic (exact) mass is 379 g/mol. The van der Waals surface area contributed by atoms with Crippen LogP contribution in [0.25, 0.3) is 16.5 Å². The first-order valence-electron chi connectivity index (χ1n) is 9.41. The van der Waals surface area contributed by atoms with Gasteiger partial charge in [-0.05, 0) is 42.7 Å². The van der Waals surface area contributed by atoms with E-state index in [-0.39, 0.29) is 5.97 Å². The Balaban J connectivity index is 1.67. The lowest BCUT2D eigenvalue weighted by atomic mass is 9.99.